The van der Waals surface area contributed by atoms with Crippen LogP contribution in [0.25, 0.3) is 0 Å². The van der Waals surface area contributed by atoms with Gasteiger partial charge in [0.25, 0.3) is 0 Å². The predicted molar refractivity (Wildman–Crippen MR) is 55.7 cm³/mol. The van der Waals surface area contributed by atoms with Crippen molar-refractivity contribution >= 4 is 23.7 Å². The summed E-state index contributed by atoms with van der Waals surface area (Å²) in [7, 11) is 0. The third-order valence-corrected chi connectivity index (χ3v) is 2.06. The van der Waals surface area contributed by atoms with Crippen molar-refractivity contribution in [3.63, 3.8) is 0 Å². The first-order valence-corrected chi connectivity index (χ1v) is 4.64. The number of hydrogen-bond acceptors (Lipinski definition) is 3. The van der Waals surface area contributed by atoms with Crippen LogP contribution in [0.5, 0.6) is 0 Å². The maximum Gasteiger partial charge on any atom is 0.332 e. The fourth-order valence-electron chi connectivity index (χ4n) is 1.32. The molecule has 16 heavy (non-hydrogen) atoms. The molecule has 1 heterocycles. The number of carbonyl (C=O) groups excluding carboxylic acids is 3. The van der Waals surface area contributed by atoms with Gasteiger partial charge in [-0.15, -0.1) is 0 Å². The molecule has 0 atom stereocenters. The van der Waals surface area contributed by atoms with Gasteiger partial charge in [0.05, 0.1) is 0 Å². The summed E-state index contributed by atoms with van der Waals surface area (Å²) in [4.78, 5) is 34.4. The van der Waals surface area contributed by atoms with Crippen molar-refractivity contribution in [2.24, 2.45) is 0 Å². The van der Waals surface area contributed by atoms with Crippen LogP contribution in [0.15, 0.2) is 30.3 Å². The Morgan fingerprint density at radius 2 is 1.94 bits per heavy atom. The molecule has 1 aliphatic heterocycles. The molecule has 1 aromatic carbocycles. The number of para-hydroxylation sites is 1. The molecular formula is C10H9N3O3. The van der Waals surface area contributed by atoms with Gasteiger partial charge in [-0.25, -0.2) is 14.5 Å². The molecule has 0 unspecified atom stereocenters. The molecule has 82 valence electrons. The zero-order chi connectivity index (χ0) is 11.5. The second-order valence-electron chi connectivity index (χ2n) is 3.24. The van der Waals surface area contributed by atoms with Gasteiger partial charge in [0.1, 0.15) is 6.54 Å². The smallest absolute Gasteiger partial charge is 0.307 e. The Hall–Kier alpha value is -2.37. The van der Waals surface area contributed by atoms with E-state index in [2.05, 4.69) is 5.32 Å². The van der Waals surface area contributed by atoms with E-state index in [1.54, 1.807) is 24.3 Å². The number of benzene rings is 1. The topological polar surface area (TPSA) is 78.5 Å². The molecular weight excluding hydrogens is 210 g/mol. The van der Waals surface area contributed by atoms with Crippen molar-refractivity contribution < 1.29 is 14.4 Å². The summed E-state index contributed by atoms with van der Waals surface area (Å²) in [6.07, 6.45) is 0. The van der Waals surface area contributed by atoms with Crippen LogP contribution in [-0.2, 0) is 4.79 Å². The second-order valence-corrected chi connectivity index (χ2v) is 3.24. The fraction of sp³-hybridized carbons (Fsp3) is 0.100. The van der Waals surface area contributed by atoms with Crippen molar-refractivity contribution in [1.82, 2.24) is 10.2 Å². The van der Waals surface area contributed by atoms with E-state index < -0.39 is 18.0 Å². The van der Waals surface area contributed by atoms with Crippen LogP contribution in [0.3, 0.4) is 0 Å². The standard InChI is InChI=1S/C10H9N3O3/c14-8-6-13(10(16)12-8)9(15)11-7-4-2-1-3-5-7/h1-5H,6H2,(H,11,15)(H,12,14,16). The largest absolute Gasteiger partial charge is 0.332 e. The molecule has 0 aromatic heterocycles. The van der Waals surface area contributed by atoms with Crippen molar-refractivity contribution in [2.75, 3.05) is 11.9 Å². The molecule has 0 aliphatic carbocycles. The van der Waals surface area contributed by atoms with E-state index in [9.17, 15) is 14.4 Å². The van der Waals surface area contributed by atoms with Gasteiger partial charge in [-0.3, -0.25) is 10.1 Å². The first-order valence-electron chi connectivity index (χ1n) is 4.64. The number of rotatable bonds is 1. The van der Waals surface area contributed by atoms with Gasteiger partial charge in [-0.2, -0.15) is 0 Å². The van der Waals surface area contributed by atoms with E-state index >= 15 is 0 Å². The maximum absolute atomic E-state index is 11.6. The van der Waals surface area contributed by atoms with Crippen LogP contribution in [0.4, 0.5) is 15.3 Å². The highest BCUT2D eigenvalue weighted by Gasteiger charge is 2.31. The third-order valence-electron chi connectivity index (χ3n) is 2.06. The molecule has 1 aliphatic rings. The van der Waals surface area contributed by atoms with E-state index in [1.165, 1.54) is 0 Å². The Kier molecular flexibility index (Phi) is 2.55. The van der Waals surface area contributed by atoms with Gasteiger partial charge in [0.15, 0.2) is 0 Å². The number of anilines is 1. The minimum atomic E-state index is -0.696. The lowest BCUT2D eigenvalue weighted by atomic mass is 10.3. The third kappa shape index (κ3) is 2.00. The van der Waals surface area contributed by atoms with Gasteiger partial charge in [0, 0.05) is 5.69 Å². The van der Waals surface area contributed by atoms with Gasteiger partial charge < -0.3 is 5.32 Å². The minimum Gasteiger partial charge on any atom is -0.307 e. The summed E-state index contributed by atoms with van der Waals surface area (Å²) in [6, 6.07) is 7.38. The second kappa shape index (κ2) is 4.01. The van der Waals surface area contributed by atoms with Gasteiger partial charge in [-0.1, -0.05) is 18.2 Å². The summed E-state index contributed by atoms with van der Waals surface area (Å²) in [5, 5.41) is 4.53. The molecule has 6 heteroatoms. The van der Waals surface area contributed by atoms with Crippen LogP contribution in [0, 0.1) is 0 Å². The van der Waals surface area contributed by atoms with Gasteiger partial charge in [-0.05, 0) is 12.1 Å². The van der Waals surface area contributed by atoms with Gasteiger partial charge >= 0.3 is 12.1 Å². The van der Waals surface area contributed by atoms with Crippen molar-refractivity contribution in [3.05, 3.63) is 30.3 Å². The lowest BCUT2D eigenvalue weighted by Gasteiger charge is -2.12. The monoisotopic (exact) mass is 219 g/mol. The summed E-state index contributed by atoms with van der Waals surface area (Å²) in [6.45, 7) is -0.239. The highest BCUT2D eigenvalue weighted by atomic mass is 16.2. The Morgan fingerprint density at radius 3 is 2.50 bits per heavy atom. The number of hydrogen-bond donors (Lipinski definition) is 2. The number of urea groups is 2. The normalized spacial score (nSPS) is 14.9. The Labute approximate surface area is 91.2 Å². The number of carbonyl (C=O) groups is 3. The average molecular weight is 219 g/mol. The predicted octanol–water partition coefficient (Wildman–Crippen LogP) is 0.770. The first-order chi connectivity index (χ1) is 7.66. The summed E-state index contributed by atoms with van der Waals surface area (Å²) < 4.78 is 0. The molecule has 5 amide bonds. The molecule has 0 bridgehead atoms. The molecule has 6 nitrogen and oxygen atoms in total. The molecule has 1 saturated heterocycles. The quantitative estimate of drug-likeness (QED) is 0.685. The summed E-state index contributed by atoms with van der Waals surface area (Å²) in [5.74, 6) is -0.479. The van der Waals surface area contributed by atoms with Crippen LogP contribution in [-0.4, -0.2) is 29.4 Å². The number of nitrogens with zero attached hydrogens (tertiary/aromatic N) is 1. The Bertz CT molecular complexity index is 444. The lowest BCUT2D eigenvalue weighted by Crippen LogP contribution is -2.37. The zero-order valence-corrected chi connectivity index (χ0v) is 8.27. The van der Waals surface area contributed by atoms with E-state index in [4.69, 9.17) is 0 Å². The molecule has 0 saturated carbocycles. The molecule has 1 aromatic rings. The van der Waals surface area contributed by atoms with Gasteiger partial charge in [0.2, 0.25) is 5.91 Å². The minimum absolute atomic E-state index is 0.239. The van der Waals surface area contributed by atoms with Crippen molar-refractivity contribution in [3.8, 4) is 0 Å². The van der Waals surface area contributed by atoms with E-state index in [1.807, 2.05) is 11.4 Å². The van der Waals surface area contributed by atoms with Crippen molar-refractivity contribution in [1.29, 1.82) is 0 Å². The molecule has 0 radical (unpaired) electrons. The number of amides is 5. The summed E-state index contributed by atoms with van der Waals surface area (Å²) >= 11 is 0. The van der Waals surface area contributed by atoms with Crippen LogP contribution < -0.4 is 10.6 Å². The van der Waals surface area contributed by atoms with E-state index in [0.717, 1.165) is 4.90 Å². The number of imide groups is 2. The highest BCUT2D eigenvalue weighted by Crippen LogP contribution is 2.08. The van der Waals surface area contributed by atoms with Crippen LogP contribution in [0.1, 0.15) is 0 Å². The number of nitrogens with one attached hydrogen (secondary N) is 2. The first kappa shape index (κ1) is 10.2. The Balaban J connectivity index is 2.04. The van der Waals surface area contributed by atoms with Crippen molar-refractivity contribution in [2.45, 2.75) is 0 Å². The maximum atomic E-state index is 11.6. The lowest BCUT2D eigenvalue weighted by molar-refractivity contribution is -0.118. The van der Waals surface area contributed by atoms with E-state index in [-0.39, 0.29) is 6.54 Å². The zero-order valence-electron chi connectivity index (χ0n) is 8.27. The molecule has 0 spiro atoms. The van der Waals surface area contributed by atoms with Crippen LogP contribution >= 0.6 is 0 Å². The van der Waals surface area contributed by atoms with Crippen LogP contribution in [0.2, 0.25) is 0 Å². The van der Waals surface area contributed by atoms with E-state index in [0.29, 0.717) is 5.69 Å². The fourth-order valence-corrected chi connectivity index (χ4v) is 1.32. The highest BCUT2D eigenvalue weighted by molar-refractivity contribution is 6.12. The Morgan fingerprint density at radius 1 is 1.25 bits per heavy atom. The molecule has 2 rings (SSSR count). The molecule has 2 N–H and O–H groups in total. The SMILES string of the molecule is O=C1CN(C(=O)Nc2ccccc2)C(=O)N1. The molecule has 1 fully saturated rings. The summed E-state index contributed by atoms with van der Waals surface area (Å²) in [5.41, 5.74) is 0.569. The average Bonchev–Trinajstić information content (AvgIpc) is 2.59.